The number of ether oxygens (including phenoxy) is 1. The van der Waals surface area contributed by atoms with Crippen LogP contribution in [0.15, 0.2) is 24.3 Å². The minimum atomic E-state index is -0.541. The second kappa shape index (κ2) is 5.45. The van der Waals surface area contributed by atoms with Gasteiger partial charge in [0, 0.05) is 24.7 Å². The summed E-state index contributed by atoms with van der Waals surface area (Å²) in [6, 6.07) is 7.78. The van der Waals surface area contributed by atoms with Crippen molar-refractivity contribution < 1.29 is 9.84 Å². The van der Waals surface area contributed by atoms with Gasteiger partial charge in [-0.25, -0.2) is 0 Å². The molecule has 102 valence electrons. The predicted octanol–water partition coefficient (Wildman–Crippen LogP) is 2.32. The van der Waals surface area contributed by atoms with E-state index in [4.69, 9.17) is 4.74 Å². The Morgan fingerprint density at radius 3 is 2.68 bits per heavy atom. The molecule has 1 N–H and O–H groups in total. The normalized spacial score (nSPS) is 12.5. The topological polar surface area (TPSA) is 47.3 Å². The molecule has 19 heavy (non-hydrogen) atoms. The number of aliphatic hydroxyl groups excluding tert-OH is 1. The first-order valence-corrected chi connectivity index (χ1v) is 6.34. The minimum Gasteiger partial charge on any atom is -0.497 e. The van der Waals surface area contributed by atoms with Crippen LogP contribution >= 0.6 is 0 Å². The van der Waals surface area contributed by atoms with Gasteiger partial charge in [0.15, 0.2) is 0 Å². The Morgan fingerprint density at radius 1 is 1.37 bits per heavy atom. The van der Waals surface area contributed by atoms with E-state index in [0.29, 0.717) is 6.42 Å². The molecule has 1 heterocycles. The molecule has 2 rings (SSSR count). The first-order chi connectivity index (χ1) is 9.02. The molecule has 0 spiro atoms. The quantitative estimate of drug-likeness (QED) is 0.917. The van der Waals surface area contributed by atoms with Gasteiger partial charge in [-0.2, -0.15) is 5.10 Å². The predicted molar refractivity (Wildman–Crippen MR) is 74.3 cm³/mol. The maximum Gasteiger partial charge on any atom is 0.119 e. The summed E-state index contributed by atoms with van der Waals surface area (Å²) in [4.78, 5) is 0. The van der Waals surface area contributed by atoms with E-state index in [1.165, 1.54) is 0 Å². The van der Waals surface area contributed by atoms with Crippen molar-refractivity contribution in [3.8, 4) is 5.75 Å². The summed E-state index contributed by atoms with van der Waals surface area (Å²) in [5, 5.41) is 14.8. The van der Waals surface area contributed by atoms with Crippen LogP contribution in [-0.2, 0) is 13.5 Å². The number of benzene rings is 1. The third-order valence-corrected chi connectivity index (χ3v) is 3.46. The van der Waals surface area contributed by atoms with E-state index in [1.807, 2.05) is 45.2 Å². The van der Waals surface area contributed by atoms with Crippen LogP contribution in [0.3, 0.4) is 0 Å². The van der Waals surface area contributed by atoms with E-state index in [0.717, 1.165) is 28.3 Å². The van der Waals surface area contributed by atoms with Crippen molar-refractivity contribution in [3.05, 3.63) is 46.8 Å². The van der Waals surface area contributed by atoms with Gasteiger partial charge in [-0.1, -0.05) is 12.1 Å². The van der Waals surface area contributed by atoms with Gasteiger partial charge in [0.05, 0.1) is 18.9 Å². The zero-order valence-electron chi connectivity index (χ0n) is 11.8. The Bertz CT molecular complexity index is 576. The molecule has 1 aromatic heterocycles. The summed E-state index contributed by atoms with van der Waals surface area (Å²) in [6.45, 7) is 3.90. The molecular formula is C15H20N2O2. The third kappa shape index (κ3) is 2.79. The highest BCUT2D eigenvalue weighted by Gasteiger charge is 2.18. The number of aliphatic hydroxyl groups is 1. The van der Waals surface area contributed by atoms with Crippen LogP contribution in [0.25, 0.3) is 0 Å². The second-order valence-corrected chi connectivity index (χ2v) is 4.78. The smallest absolute Gasteiger partial charge is 0.119 e. The molecular weight excluding hydrogens is 240 g/mol. The van der Waals surface area contributed by atoms with Gasteiger partial charge in [-0.3, -0.25) is 4.68 Å². The van der Waals surface area contributed by atoms with E-state index >= 15 is 0 Å². The van der Waals surface area contributed by atoms with E-state index < -0.39 is 6.10 Å². The van der Waals surface area contributed by atoms with Gasteiger partial charge in [0.25, 0.3) is 0 Å². The zero-order valence-corrected chi connectivity index (χ0v) is 11.8. The lowest BCUT2D eigenvalue weighted by Crippen LogP contribution is -2.05. The minimum absolute atomic E-state index is 0.541. The lowest BCUT2D eigenvalue weighted by molar-refractivity contribution is 0.177. The van der Waals surface area contributed by atoms with Crippen LogP contribution in [0.2, 0.25) is 0 Å². The molecule has 4 heteroatoms. The molecule has 0 fully saturated rings. The van der Waals surface area contributed by atoms with Crippen molar-refractivity contribution in [1.82, 2.24) is 9.78 Å². The van der Waals surface area contributed by atoms with Crippen molar-refractivity contribution in [3.63, 3.8) is 0 Å². The number of methoxy groups -OCH3 is 1. The number of nitrogens with zero attached hydrogens (tertiary/aromatic N) is 2. The highest BCUT2D eigenvalue weighted by atomic mass is 16.5. The summed E-state index contributed by atoms with van der Waals surface area (Å²) in [7, 11) is 3.54. The molecule has 0 saturated carbocycles. The summed E-state index contributed by atoms with van der Waals surface area (Å²) in [6.07, 6.45) is 0.0192. The molecule has 0 radical (unpaired) electrons. The van der Waals surface area contributed by atoms with Gasteiger partial charge >= 0.3 is 0 Å². The second-order valence-electron chi connectivity index (χ2n) is 4.78. The molecule has 1 aromatic carbocycles. The number of rotatable bonds is 4. The van der Waals surface area contributed by atoms with Crippen LogP contribution in [-0.4, -0.2) is 22.0 Å². The Kier molecular flexibility index (Phi) is 3.90. The molecule has 0 saturated heterocycles. The number of aromatic nitrogens is 2. The molecule has 0 aliphatic carbocycles. The van der Waals surface area contributed by atoms with E-state index in [-0.39, 0.29) is 0 Å². The maximum atomic E-state index is 10.4. The van der Waals surface area contributed by atoms with E-state index in [2.05, 4.69) is 5.10 Å². The van der Waals surface area contributed by atoms with Crippen molar-refractivity contribution in [2.24, 2.45) is 7.05 Å². The first kappa shape index (κ1) is 13.6. The number of aryl methyl sites for hydroxylation is 2. The van der Waals surface area contributed by atoms with Crippen molar-refractivity contribution in [2.75, 3.05) is 7.11 Å². The monoisotopic (exact) mass is 260 g/mol. The molecule has 2 aromatic rings. The van der Waals surface area contributed by atoms with Crippen LogP contribution in [0.4, 0.5) is 0 Å². The number of hydrogen-bond donors (Lipinski definition) is 1. The van der Waals surface area contributed by atoms with Crippen LogP contribution < -0.4 is 4.74 Å². The van der Waals surface area contributed by atoms with Crippen molar-refractivity contribution >= 4 is 0 Å². The van der Waals surface area contributed by atoms with Gasteiger partial charge in [-0.05, 0) is 31.5 Å². The lowest BCUT2D eigenvalue weighted by atomic mass is 10.00. The van der Waals surface area contributed by atoms with Gasteiger partial charge in [-0.15, -0.1) is 0 Å². The zero-order chi connectivity index (χ0) is 14.0. The molecule has 0 amide bonds. The Morgan fingerprint density at radius 2 is 2.11 bits per heavy atom. The van der Waals surface area contributed by atoms with Gasteiger partial charge in [0.2, 0.25) is 0 Å². The summed E-state index contributed by atoms with van der Waals surface area (Å²) >= 11 is 0. The Labute approximate surface area is 113 Å². The van der Waals surface area contributed by atoms with Crippen molar-refractivity contribution in [2.45, 2.75) is 26.4 Å². The molecule has 1 atom stereocenters. The molecule has 0 bridgehead atoms. The fourth-order valence-corrected chi connectivity index (χ4v) is 2.40. The lowest BCUT2D eigenvalue weighted by Gasteiger charge is -2.12. The van der Waals surface area contributed by atoms with Gasteiger partial charge < -0.3 is 9.84 Å². The average molecular weight is 260 g/mol. The summed E-state index contributed by atoms with van der Waals surface area (Å²) in [5.74, 6) is 0.810. The van der Waals surface area contributed by atoms with E-state index in [9.17, 15) is 5.11 Å². The average Bonchev–Trinajstić information content (AvgIpc) is 2.63. The van der Waals surface area contributed by atoms with Crippen molar-refractivity contribution in [1.29, 1.82) is 0 Å². The third-order valence-electron chi connectivity index (χ3n) is 3.46. The fraction of sp³-hybridized carbons (Fsp3) is 0.400. The van der Waals surface area contributed by atoms with Crippen LogP contribution in [0.1, 0.15) is 28.6 Å². The fourth-order valence-electron chi connectivity index (χ4n) is 2.40. The number of hydrogen-bond acceptors (Lipinski definition) is 3. The summed E-state index contributed by atoms with van der Waals surface area (Å²) in [5.41, 5.74) is 3.86. The highest BCUT2D eigenvalue weighted by Crippen LogP contribution is 2.25. The largest absolute Gasteiger partial charge is 0.497 e. The first-order valence-electron chi connectivity index (χ1n) is 6.34. The van der Waals surface area contributed by atoms with Crippen LogP contribution in [0, 0.1) is 13.8 Å². The van der Waals surface area contributed by atoms with E-state index in [1.54, 1.807) is 11.8 Å². The summed E-state index contributed by atoms with van der Waals surface area (Å²) < 4.78 is 7.00. The van der Waals surface area contributed by atoms with Crippen LogP contribution in [0.5, 0.6) is 5.75 Å². The molecule has 0 aliphatic rings. The standard InChI is InChI=1S/C15H20N2O2/c1-10-15(11(2)17(3)16-10)14(18)9-12-6-5-7-13(8-12)19-4/h5-8,14,18H,9H2,1-4H3. The Balaban J connectivity index is 2.22. The Hall–Kier alpha value is -1.81. The maximum absolute atomic E-state index is 10.4. The SMILES string of the molecule is COc1cccc(CC(O)c2c(C)nn(C)c2C)c1. The highest BCUT2D eigenvalue weighted by molar-refractivity contribution is 5.32. The molecule has 1 unspecified atom stereocenters. The van der Waals surface area contributed by atoms with Gasteiger partial charge in [0.1, 0.15) is 5.75 Å². The molecule has 4 nitrogen and oxygen atoms in total. The molecule has 0 aliphatic heterocycles.